The third-order valence-electron chi connectivity index (χ3n) is 5.45. The van der Waals surface area contributed by atoms with E-state index in [9.17, 15) is 19.4 Å². The number of imidazole rings is 1. The molecule has 0 aliphatic rings. The maximum atomic E-state index is 13.4. The van der Waals surface area contributed by atoms with Gasteiger partial charge < -0.3 is 19.9 Å². The van der Waals surface area contributed by atoms with E-state index in [0.29, 0.717) is 12.8 Å². The van der Waals surface area contributed by atoms with Crippen molar-refractivity contribution >= 4 is 12.0 Å². The first-order valence-corrected chi connectivity index (χ1v) is 11.5. The van der Waals surface area contributed by atoms with E-state index < -0.39 is 11.8 Å². The van der Waals surface area contributed by atoms with Crippen molar-refractivity contribution in [2.45, 2.75) is 51.7 Å². The van der Waals surface area contributed by atoms with Gasteiger partial charge in [0.15, 0.2) is 0 Å². The summed E-state index contributed by atoms with van der Waals surface area (Å²) in [4.78, 5) is 19.8. The fourth-order valence-electron chi connectivity index (χ4n) is 3.68. The highest BCUT2D eigenvalue weighted by molar-refractivity contribution is 5.81. The number of allylic oxidation sites excluding steroid dienone is 1. The molecule has 1 heterocycles. The molecule has 0 aliphatic heterocycles. The number of rotatable bonds is 10. The number of carbonyl (C=O) groups excluding carboxylic acids is 1. The standard InChI is InChI=1S/C27H31FN2O4/c1-4-34-26(31)27(32,33)17-9-5-6-12-23-24(18(2)3)30-25(29-23)22-11-8-7-10-21(22)19-13-15-20(28)16-14-19/h6-8,10-16,18,32-33H,4-5,9,17H2,1-3H3,(H,29,30)/b12-6+. The number of benzene rings is 2. The van der Waals surface area contributed by atoms with Crippen molar-refractivity contribution in [3.05, 3.63) is 71.8 Å². The highest BCUT2D eigenvalue weighted by atomic mass is 19.1. The van der Waals surface area contributed by atoms with Crippen molar-refractivity contribution in [1.82, 2.24) is 9.97 Å². The van der Waals surface area contributed by atoms with Crippen LogP contribution in [-0.2, 0) is 9.53 Å². The van der Waals surface area contributed by atoms with Crippen LogP contribution in [0.25, 0.3) is 28.6 Å². The van der Waals surface area contributed by atoms with Crippen LogP contribution in [0.4, 0.5) is 4.39 Å². The van der Waals surface area contributed by atoms with E-state index in [1.54, 1.807) is 19.1 Å². The van der Waals surface area contributed by atoms with E-state index in [1.807, 2.05) is 36.4 Å². The minimum Gasteiger partial charge on any atom is -0.462 e. The zero-order valence-corrected chi connectivity index (χ0v) is 19.7. The Hall–Kier alpha value is -3.29. The molecule has 6 nitrogen and oxygen atoms in total. The number of carbonyl (C=O) groups is 1. The Morgan fingerprint density at radius 2 is 1.82 bits per heavy atom. The van der Waals surface area contributed by atoms with Crippen molar-refractivity contribution in [3.8, 4) is 22.5 Å². The Morgan fingerprint density at radius 1 is 1.15 bits per heavy atom. The van der Waals surface area contributed by atoms with Crippen LogP contribution in [0.2, 0.25) is 0 Å². The normalized spacial score (nSPS) is 12.0. The molecule has 1 aromatic heterocycles. The Morgan fingerprint density at radius 3 is 2.47 bits per heavy atom. The third kappa shape index (κ3) is 6.18. The van der Waals surface area contributed by atoms with Gasteiger partial charge in [-0.15, -0.1) is 0 Å². The lowest BCUT2D eigenvalue weighted by Gasteiger charge is -2.18. The molecule has 0 saturated heterocycles. The van der Waals surface area contributed by atoms with Crippen LogP contribution < -0.4 is 0 Å². The summed E-state index contributed by atoms with van der Waals surface area (Å²) in [5.41, 5.74) is 4.53. The van der Waals surface area contributed by atoms with Crippen LogP contribution in [0.1, 0.15) is 57.3 Å². The molecule has 3 aromatic rings. The second-order valence-corrected chi connectivity index (χ2v) is 8.42. The minimum atomic E-state index is -2.48. The summed E-state index contributed by atoms with van der Waals surface area (Å²) in [5.74, 6) is -2.87. The highest BCUT2D eigenvalue weighted by Crippen LogP contribution is 2.32. The molecule has 34 heavy (non-hydrogen) atoms. The predicted molar refractivity (Wildman–Crippen MR) is 130 cm³/mol. The molecule has 0 bridgehead atoms. The molecule has 180 valence electrons. The monoisotopic (exact) mass is 466 g/mol. The summed E-state index contributed by atoms with van der Waals surface area (Å²) in [6.45, 7) is 5.85. The van der Waals surface area contributed by atoms with Gasteiger partial charge in [-0.25, -0.2) is 14.2 Å². The van der Waals surface area contributed by atoms with Crippen molar-refractivity contribution in [1.29, 1.82) is 0 Å². The number of halogens is 1. The van der Waals surface area contributed by atoms with Gasteiger partial charge in [0.25, 0.3) is 5.79 Å². The van der Waals surface area contributed by atoms with Crippen LogP contribution in [0.5, 0.6) is 0 Å². The minimum absolute atomic E-state index is 0.0887. The number of aromatic amines is 1. The summed E-state index contributed by atoms with van der Waals surface area (Å²) in [6, 6.07) is 14.2. The number of nitrogens with one attached hydrogen (secondary N) is 1. The van der Waals surface area contributed by atoms with Gasteiger partial charge in [-0.2, -0.15) is 0 Å². The smallest absolute Gasteiger partial charge is 0.366 e. The number of nitrogens with zero attached hydrogens (tertiary/aromatic N) is 1. The number of esters is 1. The second kappa shape index (κ2) is 11.2. The lowest BCUT2D eigenvalue weighted by Crippen LogP contribution is -2.39. The number of aliphatic hydroxyl groups is 2. The van der Waals surface area contributed by atoms with E-state index in [4.69, 9.17) is 4.98 Å². The lowest BCUT2D eigenvalue weighted by molar-refractivity contribution is -0.211. The highest BCUT2D eigenvalue weighted by Gasteiger charge is 2.33. The SMILES string of the molecule is CCOC(=O)C(O)(O)CCC/C=C/c1nc(-c2ccccc2-c2ccc(F)cc2)[nH]c1C(C)C. The molecule has 0 radical (unpaired) electrons. The molecule has 0 saturated carbocycles. The first kappa shape index (κ1) is 25.3. The number of hydrogen-bond donors (Lipinski definition) is 3. The Balaban J connectivity index is 1.79. The van der Waals surface area contributed by atoms with Gasteiger partial charge in [0.05, 0.1) is 12.3 Å². The molecular formula is C27H31FN2O4. The van der Waals surface area contributed by atoms with E-state index in [-0.39, 0.29) is 24.8 Å². The maximum absolute atomic E-state index is 13.4. The molecule has 0 atom stereocenters. The van der Waals surface area contributed by atoms with Crippen molar-refractivity contribution < 1.29 is 24.1 Å². The maximum Gasteiger partial charge on any atom is 0.366 e. The Kier molecular flexibility index (Phi) is 8.36. The van der Waals surface area contributed by atoms with Crippen LogP contribution in [0.15, 0.2) is 54.6 Å². The molecular weight excluding hydrogens is 435 g/mol. The Bertz CT molecular complexity index is 1130. The van der Waals surface area contributed by atoms with E-state index in [0.717, 1.165) is 33.9 Å². The zero-order valence-electron chi connectivity index (χ0n) is 19.7. The van der Waals surface area contributed by atoms with Gasteiger partial charge in [-0.1, -0.05) is 56.3 Å². The molecule has 0 aliphatic carbocycles. The third-order valence-corrected chi connectivity index (χ3v) is 5.45. The molecule has 2 aromatic carbocycles. The molecule has 0 unspecified atom stereocenters. The van der Waals surface area contributed by atoms with Crippen LogP contribution in [0.3, 0.4) is 0 Å². The topological polar surface area (TPSA) is 95.4 Å². The fourth-order valence-corrected chi connectivity index (χ4v) is 3.68. The number of aromatic nitrogens is 2. The molecule has 0 amide bonds. The van der Waals surface area contributed by atoms with Gasteiger partial charge in [0.2, 0.25) is 0 Å². The number of unbranched alkanes of at least 4 members (excludes halogenated alkanes) is 1. The van der Waals surface area contributed by atoms with E-state index in [2.05, 4.69) is 23.6 Å². The fraction of sp³-hybridized carbons (Fsp3) is 0.333. The molecule has 7 heteroatoms. The van der Waals surface area contributed by atoms with Crippen LogP contribution in [0, 0.1) is 5.82 Å². The van der Waals surface area contributed by atoms with Gasteiger partial charge >= 0.3 is 5.97 Å². The average Bonchev–Trinajstić information content (AvgIpc) is 3.24. The second-order valence-electron chi connectivity index (χ2n) is 8.42. The summed E-state index contributed by atoms with van der Waals surface area (Å²) in [5, 5.41) is 19.7. The van der Waals surface area contributed by atoms with Gasteiger partial charge in [-0.3, -0.25) is 0 Å². The van der Waals surface area contributed by atoms with Crippen LogP contribution >= 0.6 is 0 Å². The average molecular weight is 467 g/mol. The van der Waals surface area contributed by atoms with Gasteiger partial charge in [0, 0.05) is 17.7 Å². The predicted octanol–water partition coefficient (Wildman–Crippen LogP) is 5.43. The molecule has 0 fully saturated rings. The molecule has 3 N–H and O–H groups in total. The van der Waals surface area contributed by atoms with Crippen molar-refractivity contribution in [3.63, 3.8) is 0 Å². The number of H-pyrrole nitrogens is 1. The van der Waals surface area contributed by atoms with Crippen molar-refractivity contribution in [2.75, 3.05) is 6.61 Å². The number of hydrogen-bond acceptors (Lipinski definition) is 5. The number of ether oxygens (including phenoxy) is 1. The quantitative estimate of drug-likeness (QED) is 0.210. The summed E-state index contributed by atoms with van der Waals surface area (Å²) < 4.78 is 18.1. The van der Waals surface area contributed by atoms with Gasteiger partial charge in [-0.05, 0) is 55.0 Å². The van der Waals surface area contributed by atoms with E-state index in [1.165, 1.54) is 12.1 Å². The first-order chi connectivity index (χ1) is 16.2. The van der Waals surface area contributed by atoms with E-state index >= 15 is 0 Å². The van der Waals surface area contributed by atoms with Crippen molar-refractivity contribution in [2.24, 2.45) is 0 Å². The van der Waals surface area contributed by atoms with Crippen LogP contribution in [-0.4, -0.2) is 38.5 Å². The summed E-state index contributed by atoms with van der Waals surface area (Å²) in [6.07, 6.45) is 4.61. The summed E-state index contributed by atoms with van der Waals surface area (Å²) in [7, 11) is 0. The lowest BCUT2D eigenvalue weighted by atomic mass is 9.99. The Labute approximate surface area is 199 Å². The largest absolute Gasteiger partial charge is 0.462 e. The molecule has 3 rings (SSSR count). The zero-order chi connectivity index (χ0) is 24.7. The summed E-state index contributed by atoms with van der Waals surface area (Å²) >= 11 is 0. The molecule has 0 spiro atoms. The first-order valence-electron chi connectivity index (χ1n) is 11.5. The van der Waals surface area contributed by atoms with Gasteiger partial charge in [0.1, 0.15) is 11.6 Å².